The van der Waals surface area contributed by atoms with Crippen molar-refractivity contribution < 1.29 is 9.94 Å². The number of nitrogens with one attached hydrogen (secondary N) is 1. The summed E-state index contributed by atoms with van der Waals surface area (Å²) in [6.07, 6.45) is 7.50. The highest BCUT2D eigenvalue weighted by Crippen LogP contribution is 2.38. The van der Waals surface area contributed by atoms with Crippen LogP contribution in [0.1, 0.15) is 36.8 Å². The van der Waals surface area contributed by atoms with E-state index in [4.69, 9.17) is 17.1 Å². The molecule has 1 aliphatic rings. The molecular weight excluding hydrogens is 346 g/mol. The Bertz CT molecular complexity index is 777. The predicted molar refractivity (Wildman–Crippen MR) is 106 cm³/mol. The Morgan fingerprint density at radius 3 is 2.81 bits per heavy atom. The van der Waals surface area contributed by atoms with Gasteiger partial charge in [-0.05, 0) is 48.6 Å². The van der Waals surface area contributed by atoms with Crippen LogP contribution in [0.4, 0.5) is 0 Å². The first kappa shape index (κ1) is 18.3. The number of rotatable bonds is 5. The predicted octanol–water partition coefficient (Wildman–Crippen LogP) is 3.72. The first-order chi connectivity index (χ1) is 12.7. The molecule has 1 heterocycles. The highest BCUT2D eigenvalue weighted by molar-refractivity contribution is 7.80. The standard InChI is InChI=1S/C20H23N3O2S/c1-21-19(26)20(16-5-4-12-22-13-16)11-3-2-6-18(20)23-25-14-15-7-9-17(24)10-8-15/h4-5,7-10,12-13,24H,2-3,6,11,14H2,1H3,(H,21,26)/b23-18-. The summed E-state index contributed by atoms with van der Waals surface area (Å²) in [4.78, 5) is 10.7. The number of thiocarbonyl (C=S) groups is 1. The molecule has 0 bridgehead atoms. The number of hydrogen-bond donors (Lipinski definition) is 2. The van der Waals surface area contributed by atoms with Crippen molar-refractivity contribution in [2.24, 2.45) is 5.16 Å². The number of phenols is 1. The molecule has 3 rings (SSSR count). The molecule has 2 N–H and O–H groups in total. The molecule has 0 spiro atoms. The van der Waals surface area contributed by atoms with Gasteiger partial charge in [-0.3, -0.25) is 4.98 Å². The van der Waals surface area contributed by atoms with E-state index in [1.54, 1.807) is 18.3 Å². The number of aromatic nitrogens is 1. The molecule has 136 valence electrons. The second-order valence-electron chi connectivity index (χ2n) is 6.41. The van der Waals surface area contributed by atoms with E-state index < -0.39 is 5.41 Å². The molecule has 5 nitrogen and oxygen atoms in total. The fourth-order valence-electron chi connectivity index (χ4n) is 3.46. The number of nitrogens with zero attached hydrogens (tertiary/aromatic N) is 2. The normalized spacial score (nSPS) is 21.3. The van der Waals surface area contributed by atoms with E-state index in [-0.39, 0.29) is 5.75 Å². The number of likely N-dealkylation sites (N-methyl/N-ethyl adjacent to an activating group) is 1. The van der Waals surface area contributed by atoms with Crippen molar-refractivity contribution in [3.63, 3.8) is 0 Å². The fraction of sp³-hybridized carbons (Fsp3) is 0.350. The Kier molecular flexibility index (Phi) is 5.83. The lowest BCUT2D eigenvalue weighted by atomic mass is 9.68. The first-order valence-corrected chi connectivity index (χ1v) is 9.17. The van der Waals surface area contributed by atoms with E-state index in [9.17, 15) is 5.11 Å². The van der Waals surface area contributed by atoms with Crippen LogP contribution in [0.15, 0.2) is 53.9 Å². The molecule has 0 saturated heterocycles. The van der Waals surface area contributed by atoms with Crippen molar-refractivity contribution in [1.82, 2.24) is 10.3 Å². The Hall–Kier alpha value is -2.47. The average molecular weight is 369 g/mol. The molecule has 0 aliphatic heterocycles. The third-order valence-electron chi connectivity index (χ3n) is 4.82. The van der Waals surface area contributed by atoms with Crippen LogP contribution in [-0.2, 0) is 16.9 Å². The monoisotopic (exact) mass is 369 g/mol. The minimum atomic E-state index is -0.467. The van der Waals surface area contributed by atoms with E-state index in [1.807, 2.05) is 31.4 Å². The van der Waals surface area contributed by atoms with Gasteiger partial charge in [0.15, 0.2) is 0 Å². The van der Waals surface area contributed by atoms with Gasteiger partial charge < -0.3 is 15.3 Å². The number of oxime groups is 1. The summed E-state index contributed by atoms with van der Waals surface area (Å²) >= 11 is 5.70. The van der Waals surface area contributed by atoms with Gasteiger partial charge in [0.1, 0.15) is 12.4 Å². The van der Waals surface area contributed by atoms with Crippen molar-refractivity contribution in [3.8, 4) is 5.75 Å². The molecule has 1 fully saturated rings. The van der Waals surface area contributed by atoms with Crippen LogP contribution in [0, 0.1) is 0 Å². The van der Waals surface area contributed by atoms with Crippen LogP contribution < -0.4 is 5.32 Å². The van der Waals surface area contributed by atoms with Crippen LogP contribution in [0.2, 0.25) is 0 Å². The second kappa shape index (κ2) is 8.27. The van der Waals surface area contributed by atoms with Crippen molar-refractivity contribution in [3.05, 3.63) is 59.9 Å². The lowest BCUT2D eigenvalue weighted by Gasteiger charge is -2.38. The zero-order valence-corrected chi connectivity index (χ0v) is 15.6. The number of phenolic OH excluding ortho intramolecular Hbond substituents is 1. The Balaban J connectivity index is 1.88. The van der Waals surface area contributed by atoms with Gasteiger partial charge in [-0.1, -0.05) is 42.0 Å². The molecule has 0 amide bonds. The van der Waals surface area contributed by atoms with E-state index in [2.05, 4.69) is 21.5 Å². The molecule has 1 atom stereocenters. The summed E-state index contributed by atoms with van der Waals surface area (Å²) in [5.41, 5.74) is 2.47. The average Bonchev–Trinajstić information content (AvgIpc) is 2.70. The lowest BCUT2D eigenvalue weighted by molar-refractivity contribution is 0.127. The zero-order valence-electron chi connectivity index (χ0n) is 14.8. The van der Waals surface area contributed by atoms with E-state index in [0.717, 1.165) is 47.5 Å². The lowest BCUT2D eigenvalue weighted by Crippen LogP contribution is -2.50. The van der Waals surface area contributed by atoms with Crippen LogP contribution >= 0.6 is 12.2 Å². The number of benzene rings is 1. The molecular formula is C20H23N3O2S. The number of pyridine rings is 1. The highest BCUT2D eigenvalue weighted by atomic mass is 32.1. The third kappa shape index (κ3) is 3.70. The van der Waals surface area contributed by atoms with Crippen molar-refractivity contribution in [2.75, 3.05) is 7.05 Å². The molecule has 1 aromatic carbocycles. The van der Waals surface area contributed by atoms with Gasteiger partial charge in [0.25, 0.3) is 0 Å². The van der Waals surface area contributed by atoms with Crippen molar-refractivity contribution >= 4 is 22.9 Å². The van der Waals surface area contributed by atoms with Crippen LogP contribution in [0.25, 0.3) is 0 Å². The molecule has 1 aliphatic carbocycles. The molecule has 1 saturated carbocycles. The maximum absolute atomic E-state index is 9.37. The minimum absolute atomic E-state index is 0.238. The van der Waals surface area contributed by atoms with Gasteiger partial charge in [0, 0.05) is 19.4 Å². The minimum Gasteiger partial charge on any atom is -0.508 e. The van der Waals surface area contributed by atoms with Gasteiger partial charge in [-0.15, -0.1) is 0 Å². The van der Waals surface area contributed by atoms with E-state index in [1.165, 1.54) is 0 Å². The summed E-state index contributed by atoms with van der Waals surface area (Å²) in [6.45, 7) is 0.346. The molecule has 26 heavy (non-hydrogen) atoms. The number of hydrogen-bond acceptors (Lipinski definition) is 5. The fourth-order valence-corrected chi connectivity index (χ4v) is 3.79. The van der Waals surface area contributed by atoms with Gasteiger partial charge in [0.2, 0.25) is 0 Å². The summed E-state index contributed by atoms with van der Waals surface area (Å²) in [6, 6.07) is 10.9. The quantitative estimate of drug-likeness (QED) is 0.621. The van der Waals surface area contributed by atoms with Gasteiger partial charge in [-0.2, -0.15) is 0 Å². The van der Waals surface area contributed by atoms with Gasteiger partial charge in [-0.25, -0.2) is 0 Å². The summed E-state index contributed by atoms with van der Waals surface area (Å²) in [5, 5.41) is 17.0. The second-order valence-corrected chi connectivity index (χ2v) is 6.82. The topological polar surface area (TPSA) is 66.7 Å². The number of aromatic hydroxyl groups is 1. The molecule has 2 aromatic rings. The maximum Gasteiger partial charge on any atom is 0.142 e. The molecule has 1 aromatic heterocycles. The van der Waals surface area contributed by atoms with E-state index >= 15 is 0 Å². The molecule has 6 heteroatoms. The summed E-state index contributed by atoms with van der Waals surface area (Å²) in [7, 11) is 1.85. The van der Waals surface area contributed by atoms with Crippen LogP contribution in [-0.4, -0.2) is 27.8 Å². The SMILES string of the molecule is CNC(=S)C1(c2cccnc2)CCCC/C1=N/OCc1ccc(O)cc1. The van der Waals surface area contributed by atoms with Gasteiger partial charge in [0.05, 0.1) is 16.1 Å². The Morgan fingerprint density at radius 1 is 1.31 bits per heavy atom. The van der Waals surface area contributed by atoms with Crippen molar-refractivity contribution in [2.45, 2.75) is 37.7 Å². The summed E-state index contributed by atoms with van der Waals surface area (Å²) in [5.74, 6) is 0.238. The highest BCUT2D eigenvalue weighted by Gasteiger charge is 2.44. The van der Waals surface area contributed by atoms with Crippen molar-refractivity contribution in [1.29, 1.82) is 0 Å². The zero-order chi connectivity index (χ0) is 18.4. The summed E-state index contributed by atoms with van der Waals surface area (Å²) < 4.78 is 0. The van der Waals surface area contributed by atoms with Crippen LogP contribution in [0.5, 0.6) is 5.75 Å². The smallest absolute Gasteiger partial charge is 0.142 e. The largest absolute Gasteiger partial charge is 0.508 e. The molecule has 1 unspecified atom stereocenters. The third-order valence-corrected chi connectivity index (χ3v) is 5.37. The Morgan fingerprint density at radius 2 is 2.12 bits per heavy atom. The van der Waals surface area contributed by atoms with Crippen LogP contribution in [0.3, 0.4) is 0 Å². The first-order valence-electron chi connectivity index (χ1n) is 8.77. The molecule has 0 radical (unpaired) electrons. The van der Waals surface area contributed by atoms with E-state index in [0.29, 0.717) is 6.61 Å². The maximum atomic E-state index is 9.37. The van der Waals surface area contributed by atoms with Gasteiger partial charge >= 0.3 is 0 Å². The Labute approximate surface area is 159 Å².